The van der Waals surface area contributed by atoms with Crippen molar-refractivity contribution in [2.24, 2.45) is 5.41 Å². The third-order valence-corrected chi connectivity index (χ3v) is 9.64. The summed E-state index contributed by atoms with van der Waals surface area (Å²) in [5.74, 6) is -1.73. The van der Waals surface area contributed by atoms with Gasteiger partial charge in [-0.1, -0.05) is 39.5 Å². The first-order valence-electron chi connectivity index (χ1n) is 12.2. The lowest BCUT2D eigenvalue weighted by atomic mass is 9.79. The summed E-state index contributed by atoms with van der Waals surface area (Å²) >= 11 is 0. The highest BCUT2D eigenvalue weighted by atomic mass is 32.3. The number of rotatable bonds is 10. The summed E-state index contributed by atoms with van der Waals surface area (Å²) in [4.78, 5) is 1.58. The minimum atomic E-state index is -6.06. The summed E-state index contributed by atoms with van der Waals surface area (Å²) in [6.07, 6.45) is 4.61. The maximum absolute atomic E-state index is 13.8. The van der Waals surface area contributed by atoms with E-state index in [4.69, 9.17) is 4.74 Å². The van der Waals surface area contributed by atoms with Gasteiger partial charge in [-0.25, -0.2) is 4.39 Å². The van der Waals surface area contributed by atoms with Crippen LogP contribution in [0.1, 0.15) is 52.4 Å². The summed E-state index contributed by atoms with van der Waals surface area (Å²) < 4.78 is 109. The van der Waals surface area contributed by atoms with Crippen LogP contribution in [-0.4, -0.2) is 42.4 Å². The van der Waals surface area contributed by atoms with E-state index < -0.39 is 43.2 Å². The molecule has 2 aromatic carbocycles. The van der Waals surface area contributed by atoms with Crippen LogP contribution < -0.4 is 13.8 Å². The van der Waals surface area contributed by atoms with Crippen LogP contribution >= 0.6 is 10.6 Å². The van der Waals surface area contributed by atoms with E-state index in [0.717, 1.165) is 38.9 Å². The van der Waals surface area contributed by atoms with Gasteiger partial charge in [-0.15, -0.1) is 0 Å². The Hall–Kier alpha value is -2.22. The minimum absolute atomic E-state index is 0.0809. The molecule has 0 spiro atoms. The molecule has 7 nitrogen and oxygen atoms in total. The largest absolute Gasteiger partial charge is 0.534 e. The molecule has 0 atom stereocenters. The zero-order chi connectivity index (χ0) is 28.4. The molecule has 1 heterocycles. The molecule has 0 fully saturated rings. The smallest absolute Gasteiger partial charge is 0.493 e. The molecule has 0 radical (unpaired) electrons. The molecular weight excluding hydrogens is 550 g/mol. The van der Waals surface area contributed by atoms with E-state index in [-0.39, 0.29) is 22.1 Å². The Kier molecular flexibility index (Phi) is 9.17. The van der Waals surface area contributed by atoms with E-state index in [9.17, 15) is 35.1 Å². The summed E-state index contributed by atoms with van der Waals surface area (Å²) in [5, 5.41) is 0. The van der Waals surface area contributed by atoms with Crippen LogP contribution in [0.3, 0.4) is 0 Å². The summed E-state index contributed by atoms with van der Waals surface area (Å²) in [6.45, 7) is 4.35. The molecule has 0 aliphatic carbocycles. The second kappa shape index (κ2) is 11.5. The number of anilines is 2. The highest BCUT2D eigenvalue weighted by Gasteiger charge is 2.49. The van der Waals surface area contributed by atoms with Gasteiger partial charge in [0, 0.05) is 35.5 Å². The number of unbranched alkanes of at least 4 members (excludes halogenated alkanes) is 2. The number of benzene rings is 2. The van der Waals surface area contributed by atoms with Gasteiger partial charge in [0.1, 0.15) is 5.82 Å². The Labute approximate surface area is 222 Å². The third kappa shape index (κ3) is 6.49. The van der Waals surface area contributed by atoms with Gasteiger partial charge in [-0.3, -0.25) is 9.11 Å². The molecule has 38 heavy (non-hydrogen) atoms. The monoisotopic (exact) mass is 583 g/mol. The molecule has 2 N–H and O–H groups in total. The van der Waals surface area contributed by atoms with E-state index in [1.54, 1.807) is 4.90 Å². The molecule has 214 valence electrons. The van der Waals surface area contributed by atoms with Crippen LogP contribution in [0.5, 0.6) is 11.5 Å². The van der Waals surface area contributed by atoms with Crippen LogP contribution in [-0.2, 0) is 10.1 Å². The lowest BCUT2D eigenvalue weighted by molar-refractivity contribution is -0.0500. The van der Waals surface area contributed by atoms with Gasteiger partial charge in [0.05, 0.1) is 17.7 Å². The second-order valence-electron chi connectivity index (χ2n) is 9.53. The van der Waals surface area contributed by atoms with Crippen LogP contribution in [0, 0.1) is 11.2 Å². The van der Waals surface area contributed by atoms with Gasteiger partial charge in [0.25, 0.3) is 0 Å². The van der Waals surface area contributed by atoms with Crippen molar-refractivity contribution >= 4 is 32.1 Å². The molecule has 0 amide bonds. The third-order valence-electron chi connectivity index (χ3n) is 6.63. The highest BCUT2D eigenvalue weighted by Crippen LogP contribution is 2.62. The fourth-order valence-electron chi connectivity index (χ4n) is 4.75. The van der Waals surface area contributed by atoms with Crippen LogP contribution in [0.25, 0.3) is 0 Å². The predicted molar refractivity (Wildman–Crippen MR) is 139 cm³/mol. The first-order chi connectivity index (χ1) is 17.7. The molecule has 1 aliphatic heterocycles. The van der Waals surface area contributed by atoms with Crippen molar-refractivity contribution in [3.05, 3.63) is 42.2 Å². The van der Waals surface area contributed by atoms with Crippen LogP contribution in [0.2, 0.25) is 0 Å². The standard InChI is InChI=1S/C25H33F4NO6S2/c1-4-6-12-24(13-7-5-2)16-30(19-10-8-18(26)9-11-19)20-14-21(35-3)22(15-23(20)37(31,32)17-24)36-38(33,34)25(27,28)29/h8-11,14-15,31-32H,4-7,12-13,16-17H2,1-3H3. The van der Waals surface area contributed by atoms with Crippen LogP contribution in [0.15, 0.2) is 41.3 Å². The van der Waals surface area contributed by atoms with Gasteiger partial charge in [-0.2, -0.15) is 32.2 Å². The van der Waals surface area contributed by atoms with Crippen molar-refractivity contribution in [1.29, 1.82) is 0 Å². The number of hydrogen-bond acceptors (Lipinski definition) is 7. The molecule has 2 aromatic rings. The normalized spacial score (nSPS) is 17.9. The Morgan fingerprint density at radius 1 is 1.03 bits per heavy atom. The first kappa shape index (κ1) is 30.3. The van der Waals surface area contributed by atoms with Gasteiger partial charge in [0.15, 0.2) is 11.5 Å². The number of ether oxygens (including phenoxy) is 1. The zero-order valence-corrected chi connectivity index (χ0v) is 23.1. The van der Waals surface area contributed by atoms with Crippen molar-refractivity contribution in [1.82, 2.24) is 0 Å². The van der Waals surface area contributed by atoms with E-state index in [1.165, 1.54) is 30.3 Å². The van der Waals surface area contributed by atoms with Crippen molar-refractivity contribution in [2.75, 3.05) is 24.3 Å². The predicted octanol–water partition coefficient (Wildman–Crippen LogP) is 7.69. The SMILES string of the molecule is CCCCC1(CCCC)CN(c2ccc(F)cc2)c2cc(OC)c(OS(=O)(=O)C(F)(F)F)cc2S(O)(O)C1. The van der Waals surface area contributed by atoms with Gasteiger partial charge < -0.3 is 13.8 Å². The number of alkyl halides is 3. The maximum Gasteiger partial charge on any atom is 0.534 e. The number of nitrogens with zero attached hydrogens (tertiary/aromatic N) is 1. The Bertz CT molecular complexity index is 1210. The Morgan fingerprint density at radius 2 is 1.61 bits per heavy atom. The molecule has 0 unspecified atom stereocenters. The zero-order valence-electron chi connectivity index (χ0n) is 21.4. The Balaban J connectivity index is 2.28. The fraction of sp³-hybridized carbons (Fsp3) is 0.520. The number of halogens is 4. The molecule has 13 heteroatoms. The van der Waals surface area contributed by atoms with E-state index in [0.29, 0.717) is 25.1 Å². The topological polar surface area (TPSA) is 96.3 Å². The molecule has 0 saturated heterocycles. The van der Waals surface area contributed by atoms with E-state index >= 15 is 0 Å². The van der Waals surface area contributed by atoms with Crippen LogP contribution in [0.4, 0.5) is 28.9 Å². The minimum Gasteiger partial charge on any atom is -0.493 e. The quantitative estimate of drug-likeness (QED) is 0.168. The van der Waals surface area contributed by atoms with Gasteiger partial charge >= 0.3 is 15.6 Å². The van der Waals surface area contributed by atoms with Crippen molar-refractivity contribution in [3.8, 4) is 11.5 Å². The fourth-order valence-corrected chi connectivity index (χ4v) is 7.40. The number of hydrogen-bond donors (Lipinski definition) is 2. The van der Waals surface area contributed by atoms with E-state index in [1.807, 2.05) is 13.8 Å². The second-order valence-corrected chi connectivity index (χ2v) is 13.1. The van der Waals surface area contributed by atoms with Crippen molar-refractivity contribution in [2.45, 2.75) is 62.8 Å². The average molecular weight is 584 g/mol. The van der Waals surface area contributed by atoms with Gasteiger partial charge in [0.2, 0.25) is 0 Å². The van der Waals surface area contributed by atoms with E-state index in [2.05, 4.69) is 4.18 Å². The summed E-state index contributed by atoms with van der Waals surface area (Å²) in [6, 6.07) is 7.66. The lowest BCUT2D eigenvalue weighted by Gasteiger charge is -2.42. The van der Waals surface area contributed by atoms with Crippen molar-refractivity contribution in [3.63, 3.8) is 0 Å². The molecular formula is C25H33F4NO6S2. The molecule has 0 bridgehead atoms. The molecule has 3 rings (SSSR count). The highest BCUT2D eigenvalue weighted by molar-refractivity contribution is 8.24. The first-order valence-corrected chi connectivity index (χ1v) is 15.3. The molecule has 0 saturated carbocycles. The number of fused-ring (bicyclic) bond motifs is 1. The lowest BCUT2D eigenvalue weighted by Crippen LogP contribution is -2.37. The van der Waals surface area contributed by atoms with Gasteiger partial charge in [-0.05, 0) is 37.1 Å². The average Bonchev–Trinajstić information content (AvgIpc) is 2.93. The number of methoxy groups -OCH3 is 1. The summed E-state index contributed by atoms with van der Waals surface area (Å²) in [5.41, 5.74) is -5.60. The molecule has 0 aromatic heterocycles. The Morgan fingerprint density at radius 3 is 2.11 bits per heavy atom. The maximum atomic E-state index is 13.8. The van der Waals surface area contributed by atoms with Crippen molar-refractivity contribution < 1.29 is 44.0 Å². The summed E-state index contributed by atoms with van der Waals surface area (Å²) in [7, 11) is -8.60. The molecule has 1 aliphatic rings.